The molecule has 112 valence electrons. The van der Waals surface area contributed by atoms with E-state index in [1.165, 1.54) is 5.56 Å². The summed E-state index contributed by atoms with van der Waals surface area (Å²) < 4.78 is 0. The molecule has 0 aliphatic heterocycles. The van der Waals surface area contributed by atoms with Crippen molar-refractivity contribution in [2.75, 3.05) is 0 Å². The van der Waals surface area contributed by atoms with E-state index in [1.54, 1.807) is 0 Å². The van der Waals surface area contributed by atoms with E-state index in [-0.39, 0.29) is 18.0 Å². The summed E-state index contributed by atoms with van der Waals surface area (Å²) in [6, 6.07) is 10.3. The lowest BCUT2D eigenvalue weighted by molar-refractivity contribution is -0.134. The standard InChI is InChI=1S/C17H28N2O/c1-5-14(4)19(12-15-9-7-6-8-10-15)17(20)11-16(18)13(2)3/h6-10,13-14,16H,5,11-12,18H2,1-4H3. The van der Waals surface area contributed by atoms with Crippen LogP contribution in [0.15, 0.2) is 30.3 Å². The van der Waals surface area contributed by atoms with Crippen molar-refractivity contribution in [3.05, 3.63) is 35.9 Å². The van der Waals surface area contributed by atoms with E-state index in [0.29, 0.717) is 18.9 Å². The summed E-state index contributed by atoms with van der Waals surface area (Å²) in [6.07, 6.45) is 1.38. The predicted molar refractivity (Wildman–Crippen MR) is 84.2 cm³/mol. The van der Waals surface area contributed by atoms with Crippen molar-refractivity contribution in [2.24, 2.45) is 11.7 Å². The maximum absolute atomic E-state index is 12.5. The quantitative estimate of drug-likeness (QED) is 0.831. The zero-order chi connectivity index (χ0) is 15.1. The van der Waals surface area contributed by atoms with Gasteiger partial charge < -0.3 is 10.6 Å². The summed E-state index contributed by atoms with van der Waals surface area (Å²) >= 11 is 0. The predicted octanol–water partition coefficient (Wildman–Crippen LogP) is 3.19. The van der Waals surface area contributed by atoms with Gasteiger partial charge in [-0.1, -0.05) is 51.1 Å². The molecular formula is C17H28N2O. The Morgan fingerprint density at radius 1 is 1.20 bits per heavy atom. The Morgan fingerprint density at radius 2 is 1.80 bits per heavy atom. The van der Waals surface area contributed by atoms with Crippen LogP contribution in [0.2, 0.25) is 0 Å². The fraction of sp³-hybridized carbons (Fsp3) is 0.588. The van der Waals surface area contributed by atoms with E-state index in [2.05, 4.69) is 39.8 Å². The Balaban J connectivity index is 2.76. The Morgan fingerprint density at radius 3 is 2.30 bits per heavy atom. The maximum Gasteiger partial charge on any atom is 0.224 e. The second kappa shape index (κ2) is 8.05. The van der Waals surface area contributed by atoms with Crippen LogP contribution in [0.25, 0.3) is 0 Å². The first-order valence-corrected chi connectivity index (χ1v) is 7.54. The van der Waals surface area contributed by atoms with E-state index in [1.807, 2.05) is 23.1 Å². The van der Waals surface area contributed by atoms with Gasteiger partial charge in [0.25, 0.3) is 0 Å². The van der Waals surface area contributed by atoms with Crippen molar-refractivity contribution in [2.45, 2.75) is 59.2 Å². The van der Waals surface area contributed by atoms with Gasteiger partial charge in [-0.25, -0.2) is 0 Å². The second-order valence-corrected chi connectivity index (χ2v) is 5.88. The number of amides is 1. The van der Waals surface area contributed by atoms with Crippen LogP contribution in [-0.2, 0) is 11.3 Å². The molecule has 2 N–H and O–H groups in total. The van der Waals surface area contributed by atoms with Gasteiger partial charge in [-0.2, -0.15) is 0 Å². The molecule has 1 aromatic carbocycles. The third kappa shape index (κ3) is 4.97. The normalized spacial score (nSPS) is 14.1. The van der Waals surface area contributed by atoms with Crippen molar-refractivity contribution < 1.29 is 4.79 Å². The lowest BCUT2D eigenvalue weighted by atomic mass is 10.0. The minimum atomic E-state index is -0.0650. The lowest BCUT2D eigenvalue weighted by Gasteiger charge is -2.30. The fourth-order valence-electron chi connectivity index (χ4n) is 2.04. The van der Waals surface area contributed by atoms with Gasteiger partial charge in [0.15, 0.2) is 0 Å². The number of carbonyl (C=O) groups excluding carboxylic acids is 1. The summed E-state index contributed by atoms with van der Waals surface area (Å²) in [7, 11) is 0. The van der Waals surface area contributed by atoms with Crippen molar-refractivity contribution in [1.82, 2.24) is 4.90 Å². The van der Waals surface area contributed by atoms with Crippen LogP contribution in [0, 0.1) is 5.92 Å². The SMILES string of the molecule is CCC(C)N(Cc1ccccc1)C(=O)CC(N)C(C)C. The topological polar surface area (TPSA) is 46.3 Å². The molecule has 3 heteroatoms. The largest absolute Gasteiger partial charge is 0.336 e. The van der Waals surface area contributed by atoms with Gasteiger partial charge in [0.2, 0.25) is 5.91 Å². The fourth-order valence-corrected chi connectivity index (χ4v) is 2.04. The summed E-state index contributed by atoms with van der Waals surface area (Å²) in [4.78, 5) is 14.5. The molecule has 2 atom stereocenters. The smallest absolute Gasteiger partial charge is 0.224 e. The average molecular weight is 276 g/mol. The molecule has 0 saturated carbocycles. The van der Waals surface area contributed by atoms with Gasteiger partial charge in [-0.15, -0.1) is 0 Å². The molecule has 0 heterocycles. The summed E-state index contributed by atoms with van der Waals surface area (Å²) in [5.41, 5.74) is 7.21. The van der Waals surface area contributed by atoms with Crippen LogP contribution in [0.3, 0.4) is 0 Å². The van der Waals surface area contributed by atoms with Gasteiger partial charge in [0.05, 0.1) is 0 Å². The highest BCUT2D eigenvalue weighted by molar-refractivity contribution is 5.77. The molecule has 0 aromatic heterocycles. The molecule has 2 unspecified atom stereocenters. The molecule has 3 nitrogen and oxygen atoms in total. The van der Waals surface area contributed by atoms with Crippen LogP contribution in [0.5, 0.6) is 0 Å². The number of nitrogens with zero attached hydrogens (tertiary/aromatic N) is 1. The molecule has 0 spiro atoms. The van der Waals surface area contributed by atoms with Crippen LogP contribution in [-0.4, -0.2) is 22.9 Å². The van der Waals surface area contributed by atoms with Crippen molar-refractivity contribution in [3.8, 4) is 0 Å². The Hall–Kier alpha value is -1.35. The molecule has 0 bridgehead atoms. The van der Waals surface area contributed by atoms with Gasteiger partial charge in [-0.3, -0.25) is 4.79 Å². The first-order chi connectivity index (χ1) is 9.45. The number of nitrogens with two attached hydrogens (primary N) is 1. The molecule has 0 radical (unpaired) electrons. The zero-order valence-corrected chi connectivity index (χ0v) is 13.2. The molecule has 20 heavy (non-hydrogen) atoms. The van der Waals surface area contributed by atoms with Crippen molar-refractivity contribution >= 4 is 5.91 Å². The average Bonchev–Trinajstić information content (AvgIpc) is 2.44. The van der Waals surface area contributed by atoms with Crippen LogP contribution < -0.4 is 5.73 Å². The first-order valence-electron chi connectivity index (χ1n) is 7.54. The number of hydrogen-bond donors (Lipinski definition) is 1. The molecule has 1 amide bonds. The van der Waals surface area contributed by atoms with Gasteiger partial charge in [0.1, 0.15) is 0 Å². The number of benzene rings is 1. The molecule has 1 aromatic rings. The van der Waals surface area contributed by atoms with Crippen molar-refractivity contribution in [3.63, 3.8) is 0 Å². The molecule has 0 aliphatic carbocycles. The summed E-state index contributed by atoms with van der Waals surface area (Å²) in [5, 5.41) is 0. The highest BCUT2D eigenvalue weighted by Crippen LogP contribution is 2.14. The minimum absolute atomic E-state index is 0.0650. The highest BCUT2D eigenvalue weighted by Gasteiger charge is 2.22. The first kappa shape index (κ1) is 16.7. The molecule has 0 saturated heterocycles. The third-order valence-electron chi connectivity index (χ3n) is 3.91. The summed E-state index contributed by atoms with van der Waals surface area (Å²) in [5.74, 6) is 0.485. The number of carbonyl (C=O) groups is 1. The van der Waals surface area contributed by atoms with E-state index >= 15 is 0 Å². The Kier molecular flexibility index (Phi) is 6.73. The van der Waals surface area contributed by atoms with E-state index < -0.39 is 0 Å². The van der Waals surface area contributed by atoms with Gasteiger partial charge in [0, 0.05) is 25.0 Å². The third-order valence-corrected chi connectivity index (χ3v) is 3.91. The monoisotopic (exact) mass is 276 g/mol. The van der Waals surface area contributed by atoms with E-state index in [0.717, 1.165) is 6.42 Å². The van der Waals surface area contributed by atoms with Gasteiger partial charge in [-0.05, 0) is 24.8 Å². The van der Waals surface area contributed by atoms with E-state index in [9.17, 15) is 4.79 Å². The van der Waals surface area contributed by atoms with Crippen molar-refractivity contribution in [1.29, 1.82) is 0 Å². The zero-order valence-electron chi connectivity index (χ0n) is 13.2. The molecule has 1 rings (SSSR count). The van der Waals surface area contributed by atoms with Crippen LogP contribution in [0.4, 0.5) is 0 Å². The second-order valence-electron chi connectivity index (χ2n) is 5.88. The molecule has 0 fully saturated rings. The maximum atomic E-state index is 12.5. The molecular weight excluding hydrogens is 248 g/mol. The Bertz CT molecular complexity index is 403. The molecule has 0 aliphatic rings. The van der Waals surface area contributed by atoms with E-state index in [4.69, 9.17) is 5.73 Å². The number of hydrogen-bond acceptors (Lipinski definition) is 2. The van der Waals surface area contributed by atoms with Crippen LogP contribution in [0.1, 0.15) is 46.1 Å². The Labute approximate surface area is 123 Å². The lowest BCUT2D eigenvalue weighted by Crippen LogP contribution is -2.41. The number of rotatable bonds is 7. The highest BCUT2D eigenvalue weighted by atomic mass is 16.2. The summed E-state index contributed by atoms with van der Waals surface area (Å²) in [6.45, 7) is 8.99. The minimum Gasteiger partial charge on any atom is -0.336 e. The van der Waals surface area contributed by atoms with Crippen LogP contribution >= 0.6 is 0 Å². The van der Waals surface area contributed by atoms with Gasteiger partial charge >= 0.3 is 0 Å².